The lowest BCUT2D eigenvalue weighted by atomic mass is 9.98. The normalized spacial score (nSPS) is 18.0. The summed E-state index contributed by atoms with van der Waals surface area (Å²) in [6.45, 7) is 0.788. The molecule has 150 valence electrons. The first-order chi connectivity index (χ1) is 13.5. The summed E-state index contributed by atoms with van der Waals surface area (Å²) in [5, 5.41) is 0. The maximum absolute atomic E-state index is 12.9. The van der Waals surface area contributed by atoms with Gasteiger partial charge in [-0.1, -0.05) is 48.5 Å². The summed E-state index contributed by atoms with van der Waals surface area (Å²) in [6, 6.07) is 19.4. The summed E-state index contributed by atoms with van der Waals surface area (Å²) in [5.74, 6) is -0.185. The average Bonchev–Trinajstić information content (AvgIpc) is 2.74. The van der Waals surface area contributed by atoms with Crippen molar-refractivity contribution in [2.75, 3.05) is 30.8 Å². The van der Waals surface area contributed by atoms with Gasteiger partial charge in [-0.05, 0) is 43.4 Å². The zero-order valence-electron chi connectivity index (χ0n) is 16.3. The molecule has 1 atom stereocenters. The van der Waals surface area contributed by atoms with Crippen molar-refractivity contribution >= 4 is 21.6 Å². The first-order valence-corrected chi connectivity index (χ1v) is 11.4. The van der Waals surface area contributed by atoms with Gasteiger partial charge in [-0.15, -0.1) is 0 Å². The van der Waals surface area contributed by atoms with Crippen LogP contribution in [0.25, 0.3) is 0 Å². The lowest BCUT2D eigenvalue weighted by Gasteiger charge is -2.33. The van der Waals surface area contributed by atoms with Gasteiger partial charge >= 0.3 is 0 Å². The molecule has 1 amide bonds. The Morgan fingerprint density at radius 1 is 1.07 bits per heavy atom. The molecule has 0 bridgehead atoms. The molecule has 0 aromatic heterocycles. The van der Waals surface area contributed by atoms with Crippen LogP contribution in [0.2, 0.25) is 0 Å². The zero-order valence-corrected chi connectivity index (χ0v) is 17.1. The fourth-order valence-electron chi connectivity index (χ4n) is 3.68. The molecule has 0 spiro atoms. The van der Waals surface area contributed by atoms with Gasteiger partial charge in [0.15, 0.2) is 0 Å². The predicted octanol–water partition coefficient (Wildman–Crippen LogP) is 3.32. The van der Waals surface area contributed by atoms with Gasteiger partial charge in [0.05, 0.1) is 11.7 Å². The minimum atomic E-state index is -3.35. The van der Waals surface area contributed by atoms with E-state index < -0.39 is 10.0 Å². The molecule has 6 heteroatoms. The van der Waals surface area contributed by atoms with E-state index in [0.717, 1.165) is 30.5 Å². The number of hydrogen-bond donors (Lipinski definition) is 0. The summed E-state index contributed by atoms with van der Waals surface area (Å²) in [7, 11) is -1.59. The molecule has 1 aliphatic heterocycles. The molecule has 2 aromatic carbocycles. The van der Waals surface area contributed by atoms with Crippen LogP contribution >= 0.6 is 0 Å². The maximum Gasteiger partial charge on any atom is 0.231 e. The van der Waals surface area contributed by atoms with E-state index in [1.54, 1.807) is 11.9 Å². The number of piperidine rings is 1. The first-order valence-electron chi connectivity index (χ1n) is 9.82. The van der Waals surface area contributed by atoms with Gasteiger partial charge in [-0.25, -0.2) is 12.7 Å². The number of benzene rings is 2. The summed E-state index contributed by atoms with van der Waals surface area (Å²) in [5.41, 5.74) is 1.98. The molecule has 0 radical (unpaired) electrons. The lowest BCUT2D eigenvalue weighted by Crippen LogP contribution is -2.46. The van der Waals surface area contributed by atoms with Crippen molar-refractivity contribution in [3.8, 4) is 0 Å². The number of aryl methyl sites for hydroxylation is 1. The smallest absolute Gasteiger partial charge is 0.231 e. The van der Waals surface area contributed by atoms with E-state index in [1.807, 2.05) is 60.7 Å². The van der Waals surface area contributed by atoms with Gasteiger partial charge in [-0.2, -0.15) is 0 Å². The van der Waals surface area contributed by atoms with Crippen molar-refractivity contribution in [3.63, 3.8) is 0 Å². The summed E-state index contributed by atoms with van der Waals surface area (Å²) >= 11 is 0. The molecule has 28 heavy (non-hydrogen) atoms. The SMILES string of the molecule is CN(C(=O)[C@@H]1CCCN(S(=O)(=O)CCCc2ccccc2)C1)c1ccccc1. The Morgan fingerprint density at radius 2 is 1.71 bits per heavy atom. The van der Waals surface area contributed by atoms with Crippen LogP contribution < -0.4 is 4.90 Å². The van der Waals surface area contributed by atoms with Crippen molar-refractivity contribution < 1.29 is 13.2 Å². The Balaban J connectivity index is 1.58. The number of para-hydroxylation sites is 1. The molecule has 1 fully saturated rings. The van der Waals surface area contributed by atoms with Crippen LogP contribution in [0.3, 0.4) is 0 Å². The molecular weight excluding hydrogens is 372 g/mol. The van der Waals surface area contributed by atoms with Crippen LogP contribution in [-0.4, -0.2) is 44.5 Å². The van der Waals surface area contributed by atoms with Crippen LogP contribution in [0.15, 0.2) is 60.7 Å². The molecule has 1 saturated heterocycles. The Labute approximate surface area is 168 Å². The maximum atomic E-state index is 12.9. The van der Waals surface area contributed by atoms with Gasteiger partial charge in [-0.3, -0.25) is 4.79 Å². The number of sulfonamides is 1. The summed E-state index contributed by atoms with van der Waals surface area (Å²) < 4.78 is 27.1. The third-order valence-corrected chi connectivity index (χ3v) is 7.23. The van der Waals surface area contributed by atoms with E-state index >= 15 is 0 Å². The number of hydrogen-bond acceptors (Lipinski definition) is 3. The van der Waals surface area contributed by atoms with E-state index in [9.17, 15) is 13.2 Å². The Morgan fingerprint density at radius 3 is 2.39 bits per heavy atom. The quantitative estimate of drug-likeness (QED) is 0.716. The second-order valence-corrected chi connectivity index (χ2v) is 9.42. The highest BCUT2D eigenvalue weighted by Crippen LogP contribution is 2.24. The average molecular weight is 401 g/mol. The second kappa shape index (κ2) is 9.34. The van der Waals surface area contributed by atoms with Crippen molar-refractivity contribution in [2.24, 2.45) is 5.92 Å². The Hall–Kier alpha value is -2.18. The predicted molar refractivity (Wildman–Crippen MR) is 113 cm³/mol. The largest absolute Gasteiger partial charge is 0.315 e. The molecule has 1 heterocycles. The van der Waals surface area contributed by atoms with Crippen molar-refractivity contribution in [1.82, 2.24) is 4.31 Å². The van der Waals surface area contributed by atoms with Gasteiger partial charge in [0, 0.05) is 25.8 Å². The number of rotatable bonds is 7. The summed E-state index contributed by atoms with van der Waals surface area (Å²) in [6.07, 6.45) is 2.78. The standard InChI is InChI=1S/C22H28N2O3S/c1-23(21-14-6-3-7-15-21)22(25)20-13-8-16-24(18-20)28(26,27)17-9-12-19-10-4-2-5-11-19/h2-7,10-11,14-15,20H,8-9,12-13,16-18H2,1H3/t20-/m1/s1. The van der Waals surface area contributed by atoms with E-state index in [1.165, 1.54) is 4.31 Å². The van der Waals surface area contributed by atoms with Gasteiger partial charge in [0.2, 0.25) is 15.9 Å². The Bertz CT molecular complexity index is 869. The topological polar surface area (TPSA) is 57.7 Å². The third-order valence-electron chi connectivity index (χ3n) is 5.31. The molecule has 5 nitrogen and oxygen atoms in total. The highest BCUT2D eigenvalue weighted by molar-refractivity contribution is 7.89. The van der Waals surface area contributed by atoms with Crippen LogP contribution in [0.1, 0.15) is 24.8 Å². The van der Waals surface area contributed by atoms with Gasteiger partial charge < -0.3 is 4.90 Å². The van der Waals surface area contributed by atoms with Gasteiger partial charge in [0.25, 0.3) is 0 Å². The highest BCUT2D eigenvalue weighted by atomic mass is 32.2. The van der Waals surface area contributed by atoms with Crippen LogP contribution in [0.5, 0.6) is 0 Å². The highest BCUT2D eigenvalue weighted by Gasteiger charge is 2.33. The van der Waals surface area contributed by atoms with Crippen molar-refractivity contribution in [1.29, 1.82) is 0 Å². The van der Waals surface area contributed by atoms with E-state index in [4.69, 9.17) is 0 Å². The van der Waals surface area contributed by atoms with E-state index in [0.29, 0.717) is 13.0 Å². The number of anilines is 1. The molecule has 0 unspecified atom stereocenters. The van der Waals surface area contributed by atoms with E-state index in [-0.39, 0.29) is 24.1 Å². The fraction of sp³-hybridized carbons (Fsp3) is 0.409. The van der Waals surface area contributed by atoms with Crippen LogP contribution in [0, 0.1) is 5.92 Å². The second-order valence-electron chi connectivity index (χ2n) is 7.34. The van der Waals surface area contributed by atoms with E-state index in [2.05, 4.69) is 0 Å². The number of nitrogens with zero attached hydrogens (tertiary/aromatic N) is 2. The summed E-state index contributed by atoms with van der Waals surface area (Å²) in [4.78, 5) is 14.5. The molecule has 3 rings (SSSR count). The van der Waals surface area contributed by atoms with Crippen molar-refractivity contribution in [3.05, 3.63) is 66.2 Å². The third kappa shape index (κ3) is 5.20. The molecule has 1 aliphatic rings. The minimum absolute atomic E-state index is 0.0182. The number of carbonyl (C=O) groups excluding carboxylic acids is 1. The minimum Gasteiger partial charge on any atom is -0.315 e. The molecule has 0 aliphatic carbocycles. The monoisotopic (exact) mass is 400 g/mol. The van der Waals surface area contributed by atoms with Crippen molar-refractivity contribution in [2.45, 2.75) is 25.7 Å². The molecule has 2 aromatic rings. The molecule has 0 saturated carbocycles. The van der Waals surface area contributed by atoms with Gasteiger partial charge in [0.1, 0.15) is 0 Å². The number of carbonyl (C=O) groups is 1. The lowest BCUT2D eigenvalue weighted by molar-refractivity contribution is -0.123. The van der Waals surface area contributed by atoms with Crippen LogP contribution in [0.4, 0.5) is 5.69 Å². The fourth-order valence-corrected chi connectivity index (χ4v) is 5.26. The van der Waals surface area contributed by atoms with Crippen LogP contribution in [-0.2, 0) is 21.2 Å². The molecule has 0 N–H and O–H groups in total. The molecular formula is C22H28N2O3S. The number of amides is 1. The first kappa shape index (κ1) is 20.6. The zero-order chi connectivity index (χ0) is 20.0. The Kier molecular flexibility index (Phi) is 6.86.